The van der Waals surface area contributed by atoms with Crippen molar-refractivity contribution in [2.75, 3.05) is 13.2 Å². The summed E-state index contributed by atoms with van der Waals surface area (Å²) < 4.78 is 5.36. The predicted molar refractivity (Wildman–Crippen MR) is 137 cm³/mol. The van der Waals surface area contributed by atoms with E-state index in [1.165, 1.54) is 0 Å². The molecule has 1 amide bonds. The molecule has 1 unspecified atom stereocenters. The Bertz CT molecular complexity index is 1210. The Balaban J connectivity index is 1.94. The number of halogens is 1. The van der Waals surface area contributed by atoms with Gasteiger partial charge < -0.3 is 15.4 Å². The van der Waals surface area contributed by atoms with Crippen LogP contribution in [0.25, 0.3) is 6.08 Å². The number of rotatable bonds is 9. The van der Waals surface area contributed by atoms with E-state index in [1.807, 2.05) is 61.5 Å². The summed E-state index contributed by atoms with van der Waals surface area (Å²) in [5.74, 6) is -1.52. The van der Waals surface area contributed by atoms with Crippen LogP contribution in [-0.4, -0.2) is 25.0 Å². The van der Waals surface area contributed by atoms with Crippen LogP contribution in [-0.2, 0) is 14.3 Å². The van der Waals surface area contributed by atoms with Gasteiger partial charge in [-0.2, -0.15) is 5.26 Å². The summed E-state index contributed by atoms with van der Waals surface area (Å²) in [6.07, 6.45) is 4.46. The van der Waals surface area contributed by atoms with Gasteiger partial charge in [0.05, 0.1) is 24.0 Å². The molecule has 1 aliphatic rings. The largest absolute Gasteiger partial charge is 0.461 e. The first-order valence-electron chi connectivity index (χ1n) is 11.5. The molecule has 1 atom stereocenters. The number of benzene rings is 2. The number of carbonyl (C=O) groups is 2. The molecule has 7 heteroatoms. The first-order valence-corrected chi connectivity index (χ1v) is 11.8. The van der Waals surface area contributed by atoms with Crippen molar-refractivity contribution in [1.29, 1.82) is 5.26 Å². The SMILES string of the molecule is CCC1=C(C(=O)NC/C=C/c2ccccc2)C(c2cccc(Cl)c2)C(C(=O)OCCC#N)=C(C)N1. The molecule has 2 N–H and O–H groups in total. The van der Waals surface area contributed by atoms with Crippen molar-refractivity contribution in [2.45, 2.75) is 32.6 Å². The molecule has 0 fully saturated rings. The molecular weight excluding hydrogens is 462 g/mol. The number of dihydropyridines is 1. The number of allylic oxidation sites excluding steroid dienone is 2. The van der Waals surface area contributed by atoms with Crippen LogP contribution in [0, 0.1) is 11.3 Å². The van der Waals surface area contributed by atoms with Gasteiger partial charge in [0.2, 0.25) is 5.91 Å². The molecule has 0 aromatic heterocycles. The number of esters is 1. The molecular formula is C28H28ClN3O3. The first kappa shape index (κ1) is 25.8. The Labute approximate surface area is 210 Å². The molecule has 2 aromatic carbocycles. The highest BCUT2D eigenvalue weighted by Gasteiger charge is 2.37. The van der Waals surface area contributed by atoms with Gasteiger partial charge in [-0.3, -0.25) is 4.79 Å². The third-order valence-electron chi connectivity index (χ3n) is 5.58. The van der Waals surface area contributed by atoms with E-state index < -0.39 is 11.9 Å². The number of nitrogens with zero attached hydrogens (tertiary/aromatic N) is 1. The number of hydrogen-bond acceptors (Lipinski definition) is 5. The molecule has 6 nitrogen and oxygen atoms in total. The molecule has 1 heterocycles. The van der Waals surface area contributed by atoms with Crippen molar-refractivity contribution in [3.8, 4) is 6.07 Å². The van der Waals surface area contributed by atoms with Crippen LogP contribution < -0.4 is 10.6 Å². The molecule has 2 aromatic rings. The third kappa shape index (κ3) is 6.62. The van der Waals surface area contributed by atoms with Crippen molar-refractivity contribution in [3.05, 3.63) is 99.4 Å². The Kier molecular flexibility index (Phi) is 9.28. The highest BCUT2D eigenvalue weighted by Crippen LogP contribution is 2.40. The second-order valence-electron chi connectivity index (χ2n) is 7.96. The Hall–Kier alpha value is -3.82. The van der Waals surface area contributed by atoms with E-state index in [0.29, 0.717) is 40.4 Å². The van der Waals surface area contributed by atoms with E-state index >= 15 is 0 Å². The van der Waals surface area contributed by atoms with Crippen LogP contribution in [0.15, 0.2) is 83.2 Å². The van der Waals surface area contributed by atoms with Crippen molar-refractivity contribution < 1.29 is 14.3 Å². The fourth-order valence-electron chi connectivity index (χ4n) is 4.01. The summed E-state index contributed by atoms with van der Waals surface area (Å²) in [6.45, 7) is 4.03. The van der Waals surface area contributed by atoms with E-state index in [-0.39, 0.29) is 18.9 Å². The minimum absolute atomic E-state index is 0.0233. The number of carbonyl (C=O) groups excluding carboxylic acids is 2. The third-order valence-corrected chi connectivity index (χ3v) is 5.82. The van der Waals surface area contributed by atoms with E-state index in [1.54, 1.807) is 25.1 Å². The lowest BCUT2D eigenvalue weighted by Gasteiger charge is -2.32. The van der Waals surface area contributed by atoms with Crippen LogP contribution in [0.3, 0.4) is 0 Å². The fourth-order valence-corrected chi connectivity index (χ4v) is 4.21. The van der Waals surface area contributed by atoms with Crippen LogP contribution in [0.4, 0.5) is 0 Å². The summed E-state index contributed by atoms with van der Waals surface area (Å²) in [6, 6.07) is 18.9. The zero-order valence-electron chi connectivity index (χ0n) is 19.8. The normalized spacial score (nSPS) is 15.5. The zero-order valence-corrected chi connectivity index (χ0v) is 20.6. The van der Waals surface area contributed by atoms with Gasteiger partial charge in [-0.25, -0.2) is 4.79 Å². The van der Waals surface area contributed by atoms with Gasteiger partial charge in [0.1, 0.15) is 6.61 Å². The minimum Gasteiger partial charge on any atom is -0.461 e. The van der Waals surface area contributed by atoms with E-state index in [9.17, 15) is 9.59 Å². The highest BCUT2D eigenvalue weighted by molar-refractivity contribution is 6.30. The summed E-state index contributed by atoms with van der Waals surface area (Å²) in [5, 5.41) is 15.5. The lowest BCUT2D eigenvalue weighted by atomic mass is 9.79. The molecule has 1 aliphatic heterocycles. The maximum Gasteiger partial charge on any atom is 0.336 e. The highest BCUT2D eigenvalue weighted by atomic mass is 35.5. The van der Waals surface area contributed by atoms with Crippen molar-refractivity contribution in [1.82, 2.24) is 10.6 Å². The summed E-state index contributed by atoms with van der Waals surface area (Å²) in [7, 11) is 0. The van der Waals surface area contributed by atoms with Gasteiger partial charge in [-0.05, 0) is 36.6 Å². The van der Waals surface area contributed by atoms with Crippen LogP contribution >= 0.6 is 11.6 Å². The van der Waals surface area contributed by atoms with Gasteiger partial charge in [-0.15, -0.1) is 0 Å². The maximum atomic E-state index is 13.5. The lowest BCUT2D eigenvalue weighted by Crippen LogP contribution is -2.37. The van der Waals surface area contributed by atoms with Crippen molar-refractivity contribution in [2.24, 2.45) is 0 Å². The predicted octanol–water partition coefficient (Wildman–Crippen LogP) is 5.25. The minimum atomic E-state index is -0.669. The molecule has 0 spiro atoms. The van der Waals surface area contributed by atoms with E-state index in [0.717, 1.165) is 11.3 Å². The second-order valence-corrected chi connectivity index (χ2v) is 8.40. The van der Waals surface area contributed by atoms with Gasteiger partial charge in [-0.1, -0.05) is 73.1 Å². The summed E-state index contributed by atoms with van der Waals surface area (Å²) >= 11 is 6.28. The van der Waals surface area contributed by atoms with Crippen LogP contribution in [0.2, 0.25) is 5.02 Å². The van der Waals surface area contributed by atoms with Crippen LogP contribution in [0.1, 0.15) is 43.7 Å². The molecule has 0 saturated carbocycles. The number of amides is 1. The molecule has 180 valence electrons. The van der Waals surface area contributed by atoms with Crippen LogP contribution in [0.5, 0.6) is 0 Å². The average molecular weight is 490 g/mol. The number of hydrogen-bond donors (Lipinski definition) is 2. The summed E-state index contributed by atoms with van der Waals surface area (Å²) in [5.41, 5.74) is 3.85. The van der Waals surface area contributed by atoms with E-state index in [4.69, 9.17) is 21.6 Å². The average Bonchev–Trinajstić information content (AvgIpc) is 2.86. The standard InChI is InChI=1S/C28H28ClN3O3/c1-3-23-26(27(33)31-16-8-12-20-10-5-4-6-11-20)25(21-13-7-14-22(29)18-21)24(19(2)32-23)28(34)35-17-9-15-30/h4-8,10-14,18,25,32H,3,9,16-17H2,1-2H3,(H,31,33)/b12-8+. The van der Waals surface area contributed by atoms with Crippen molar-refractivity contribution in [3.63, 3.8) is 0 Å². The smallest absolute Gasteiger partial charge is 0.336 e. The number of nitrogens with one attached hydrogen (secondary N) is 2. The molecule has 3 rings (SSSR count). The van der Waals surface area contributed by atoms with Crippen molar-refractivity contribution >= 4 is 29.6 Å². The second kappa shape index (κ2) is 12.6. The van der Waals surface area contributed by atoms with Gasteiger partial charge in [0.15, 0.2) is 0 Å². The number of ether oxygens (including phenoxy) is 1. The Morgan fingerprint density at radius 1 is 1.17 bits per heavy atom. The Morgan fingerprint density at radius 2 is 1.94 bits per heavy atom. The fraction of sp³-hybridized carbons (Fsp3) is 0.250. The topological polar surface area (TPSA) is 91.2 Å². The monoisotopic (exact) mass is 489 g/mol. The number of nitriles is 1. The molecule has 0 radical (unpaired) electrons. The zero-order chi connectivity index (χ0) is 25.2. The lowest BCUT2D eigenvalue weighted by molar-refractivity contribution is -0.139. The van der Waals surface area contributed by atoms with Gasteiger partial charge in [0.25, 0.3) is 0 Å². The van der Waals surface area contributed by atoms with Gasteiger partial charge in [0, 0.05) is 28.5 Å². The maximum absolute atomic E-state index is 13.5. The summed E-state index contributed by atoms with van der Waals surface area (Å²) in [4.78, 5) is 26.6. The quantitative estimate of drug-likeness (QED) is 0.370. The molecule has 0 bridgehead atoms. The van der Waals surface area contributed by atoms with E-state index in [2.05, 4.69) is 10.6 Å². The van der Waals surface area contributed by atoms with Gasteiger partial charge >= 0.3 is 5.97 Å². The molecule has 0 saturated heterocycles. The molecule has 35 heavy (non-hydrogen) atoms. The molecule has 0 aliphatic carbocycles. The first-order chi connectivity index (χ1) is 17.0. The Morgan fingerprint density at radius 3 is 2.63 bits per heavy atom.